The van der Waals surface area contributed by atoms with Crippen molar-refractivity contribution in [1.82, 2.24) is 0 Å². The number of hydrogen-bond acceptors (Lipinski definition) is 3. The summed E-state index contributed by atoms with van der Waals surface area (Å²) in [5.74, 6) is 0.895. The highest BCUT2D eigenvalue weighted by molar-refractivity contribution is 6.31. The third-order valence-electron chi connectivity index (χ3n) is 2.52. The maximum absolute atomic E-state index is 9.60. The lowest BCUT2D eigenvalue weighted by Gasteiger charge is -2.04. The number of halogens is 2. The van der Waals surface area contributed by atoms with Crippen LogP contribution in [0.2, 0.25) is 10.0 Å². The predicted molar refractivity (Wildman–Crippen MR) is 82.5 cm³/mol. The second kappa shape index (κ2) is 7.17. The summed E-state index contributed by atoms with van der Waals surface area (Å²) in [5, 5.41) is 10.8. The largest absolute Gasteiger partial charge is 0.507 e. The molecule has 0 spiro atoms. The molecule has 0 bridgehead atoms. The quantitative estimate of drug-likeness (QED) is 0.664. The van der Waals surface area contributed by atoms with Gasteiger partial charge in [-0.2, -0.15) is 0 Å². The number of phenols is 1. The fourth-order valence-electron chi connectivity index (χ4n) is 1.54. The van der Waals surface area contributed by atoms with E-state index in [1.165, 1.54) is 6.07 Å². The third-order valence-corrected chi connectivity index (χ3v) is 3.01. The Hall–Kier alpha value is -1.71. The minimum atomic E-state index is 0.150. The number of rotatable bonds is 5. The molecule has 2 aromatic carbocycles. The Morgan fingerprint density at radius 2 is 1.75 bits per heavy atom. The first-order valence-corrected chi connectivity index (χ1v) is 6.77. The second-order valence-corrected chi connectivity index (χ2v) is 4.91. The summed E-state index contributed by atoms with van der Waals surface area (Å²) in [4.78, 5) is 4.18. The Labute approximate surface area is 127 Å². The fourth-order valence-corrected chi connectivity index (χ4v) is 1.85. The van der Waals surface area contributed by atoms with E-state index >= 15 is 0 Å². The number of aromatic hydroxyl groups is 1. The first kappa shape index (κ1) is 14.7. The molecule has 0 aliphatic rings. The summed E-state index contributed by atoms with van der Waals surface area (Å²) < 4.78 is 5.49. The highest BCUT2D eigenvalue weighted by atomic mass is 35.5. The minimum absolute atomic E-state index is 0.150. The van der Waals surface area contributed by atoms with Gasteiger partial charge in [0.15, 0.2) is 0 Å². The molecule has 0 saturated carbocycles. The van der Waals surface area contributed by atoms with Crippen LogP contribution in [0.15, 0.2) is 47.5 Å². The van der Waals surface area contributed by atoms with Crippen molar-refractivity contribution in [3.63, 3.8) is 0 Å². The molecule has 0 aliphatic carbocycles. The lowest BCUT2D eigenvalue weighted by atomic mass is 10.2. The summed E-state index contributed by atoms with van der Waals surface area (Å²) in [5.41, 5.74) is 0.587. The van der Waals surface area contributed by atoms with Gasteiger partial charge < -0.3 is 9.84 Å². The number of benzene rings is 2. The molecule has 0 fully saturated rings. The van der Waals surface area contributed by atoms with E-state index in [0.717, 1.165) is 5.75 Å². The van der Waals surface area contributed by atoms with Crippen molar-refractivity contribution in [1.29, 1.82) is 0 Å². The number of nitrogens with zero attached hydrogens (tertiary/aromatic N) is 1. The maximum Gasteiger partial charge on any atom is 0.124 e. The molecule has 0 heterocycles. The van der Waals surface area contributed by atoms with Crippen molar-refractivity contribution in [2.45, 2.75) is 0 Å². The standard InChI is InChI=1S/C15H13Cl2NO2/c16-12-1-4-14(5-2-12)20-8-7-18-10-11-9-13(17)3-6-15(11)19/h1-6,9-10,19H,7-8H2. The van der Waals surface area contributed by atoms with Gasteiger partial charge in [0.25, 0.3) is 0 Å². The highest BCUT2D eigenvalue weighted by Crippen LogP contribution is 2.19. The van der Waals surface area contributed by atoms with Crippen molar-refractivity contribution in [3.05, 3.63) is 58.1 Å². The number of ether oxygens (including phenoxy) is 1. The molecule has 0 saturated heterocycles. The van der Waals surface area contributed by atoms with E-state index in [4.69, 9.17) is 27.9 Å². The van der Waals surface area contributed by atoms with E-state index < -0.39 is 0 Å². The van der Waals surface area contributed by atoms with E-state index in [0.29, 0.717) is 28.8 Å². The average Bonchev–Trinajstić information content (AvgIpc) is 2.44. The van der Waals surface area contributed by atoms with Crippen LogP contribution in [-0.4, -0.2) is 24.5 Å². The van der Waals surface area contributed by atoms with Gasteiger partial charge in [-0.05, 0) is 42.5 Å². The van der Waals surface area contributed by atoms with E-state index in [-0.39, 0.29) is 5.75 Å². The van der Waals surface area contributed by atoms with E-state index in [2.05, 4.69) is 4.99 Å². The van der Waals surface area contributed by atoms with Crippen molar-refractivity contribution in [2.75, 3.05) is 13.2 Å². The Bertz CT molecular complexity index is 597. The molecule has 0 radical (unpaired) electrons. The molecule has 0 amide bonds. The van der Waals surface area contributed by atoms with Crippen LogP contribution in [0.1, 0.15) is 5.56 Å². The lowest BCUT2D eigenvalue weighted by molar-refractivity contribution is 0.329. The van der Waals surface area contributed by atoms with Crippen LogP contribution in [0, 0.1) is 0 Å². The Balaban J connectivity index is 1.82. The zero-order chi connectivity index (χ0) is 14.4. The Morgan fingerprint density at radius 1 is 1.05 bits per heavy atom. The van der Waals surface area contributed by atoms with Crippen LogP contribution < -0.4 is 4.74 Å². The van der Waals surface area contributed by atoms with Gasteiger partial charge in [-0.25, -0.2) is 0 Å². The minimum Gasteiger partial charge on any atom is -0.507 e. The van der Waals surface area contributed by atoms with Gasteiger partial charge in [0.05, 0.1) is 6.54 Å². The van der Waals surface area contributed by atoms with E-state index in [9.17, 15) is 5.11 Å². The summed E-state index contributed by atoms with van der Waals surface area (Å²) in [7, 11) is 0. The first-order valence-electron chi connectivity index (χ1n) is 6.02. The molecule has 2 rings (SSSR count). The Kier molecular flexibility index (Phi) is 5.27. The van der Waals surface area contributed by atoms with Gasteiger partial charge in [-0.1, -0.05) is 23.2 Å². The monoisotopic (exact) mass is 309 g/mol. The van der Waals surface area contributed by atoms with Gasteiger partial charge in [0.2, 0.25) is 0 Å². The molecule has 0 unspecified atom stereocenters. The summed E-state index contributed by atoms with van der Waals surface area (Å²) in [6.07, 6.45) is 1.58. The molecule has 0 aromatic heterocycles. The van der Waals surface area contributed by atoms with Gasteiger partial charge in [-0.3, -0.25) is 4.99 Å². The highest BCUT2D eigenvalue weighted by Gasteiger charge is 1.98. The number of hydrogen-bond donors (Lipinski definition) is 1. The summed E-state index contributed by atoms with van der Waals surface area (Å²) in [6.45, 7) is 0.925. The van der Waals surface area contributed by atoms with E-state index in [1.807, 2.05) is 0 Å². The SMILES string of the molecule is Oc1ccc(Cl)cc1C=NCCOc1ccc(Cl)cc1. The van der Waals surface area contributed by atoms with Crippen LogP contribution in [0.25, 0.3) is 0 Å². The molecule has 104 valence electrons. The number of aliphatic imine (C=N–C) groups is 1. The van der Waals surface area contributed by atoms with Gasteiger partial charge in [0.1, 0.15) is 18.1 Å². The molecule has 0 atom stereocenters. The van der Waals surface area contributed by atoms with Crippen molar-refractivity contribution in [3.8, 4) is 11.5 Å². The Morgan fingerprint density at radius 3 is 2.50 bits per heavy atom. The van der Waals surface area contributed by atoms with Crippen LogP contribution in [0.3, 0.4) is 0 Å². The topological polar surface area (TPSA) is 41.8 Å². The van der Waals surface area contributed by atoms with E-state index in [1.54, 1.807) is 42.6 Å². The smallest absolute Gasteiger partial charge is 0.124 e. The predicted octanol–water partition coefficient (Wildman–Crippen LogP) is 4.20. The summed E-state index contributed by atoms with van der Waals surface area (Å²) in [6, 6.07) is 11.9. The van der Waals surface area contributed by atoms with Crippen molar-refractivity contribution in [2.24, 2.45) is 4.99 Å². The van der Waals surface area contributed by atoms with Gasteiger partial charge >= 0.3 is 0 Å². The normalized spacial score (nSPS) is 10.9. The van der Waals surface area contributed by atoms with Crippen molar-refractivity contribution < 1.29 is 9.84 Å². The molecule has 0 aliphatic heterocycles. The lowest BCUT2D eigenvalue weighted by Crippen LogP contribution is -2.01. The van der Waals surface area contributed by atoms with Gasteiger partial charge in [0, 0.05) is 21.8 Å². The van der Waals surface area contributed by atoms with Crippen LogP contribution in [-0.2, 0) is 0 Å². The maximum atomic E-state index is 9.60. The third kappa shape index (κ3) is 4.44. The van der Waals surface area contributed by atoms with Crippen LogP contribution in [0.5, 0.6) is 11.5 Å². The molecule has 1 N–H and O–H groups in total. The second-order valence-electron chi connectivity index (χ2n) is 4.04. The molecule has 3 nitrogen and oxygen atoms in total. The first-order chi connectivity index (χ1) is 9.65. The van der Waals surface area contributed by atoms with Crippen molar-refractivity contribution >= 4 is 29.4 Å². The fraction of sp³-hybridized carbons (Fsp3) is 0.133. The van der Waals surface area contributed by atoms with Gasteiger partial charge in [-0.15, -0.1) is 0 Å². The summed E-state index contributed by atoms with van der Waals surface area (Å²) >= 11 is 11.6. The molecular formula is C15H13Cl2NO2. The zero-order valence-corrected chi connectivity index (χ0v) is 12.1. The molecule has 20 heavy (non-hydrogen) atoms. The average molecular weight is 310 g/mol. The zero-order valence-electron chi connectivity index (χ0n) is 10.6. The van der Waals surface area contributed by atoms with Crippen LogP contribution in [0.4, 0.5) is 0 Å². The molecular weight excluding hydrogens is 297 g/mol. The molecule has 5 heteroatoms. The number of phenolic OH excluding ortho intramolecular Hbond substituents is 1. The molecule has 2 aromatic rings. The van der Waals surface area contributed by atoms with Crippen LogP contribution >= 0.6 is 23.2 Å².